The zero-order chi connectivity index (χ0) is 10.7. The molecule has 82 valence electrons. The first-order valence-corrected chi connectivity index (χ1v) is 7.17. The lowest BCUT2D eigenvalue weighted by molar-refractivity contribution is 0.687. The third kappa shape index (κ3) is 3.21. The first-order valence-electron chi connectivity index (χ1n) is 4.79. The Morgan fingerprint density at radius 3 is 3.20 bits per heavy atom. The molecule has 0 aromatic carbocycles. The molecule has 6 heteroatoms. The van der Waals surface area contributed by atoms with Crippen molar-refractivity contribution in [3.8, 4) is 0 Å². The standard InChI is InChI=1S/C9H13N3S3/c1-6(13)11-4-8-12-7(5-15-8)9-10-2-3-14-9/h5-6,11,13H,2-4H2,1H3. The molecule has 0 saturated carbocycles. The zero-order valence-electron chi connectivity index (χ0n) is 8.43. The second kappa shape index (κ2) is 5.34. The summed E-state index contributed by atoms with van der Waals surface area (Å²) in [6, 6.07) is 0. The van der Waals surface area contributed by atoms with Crippen LogP contribution in [0.15, 0.2) is 10.4 Å². The number of aromatic nitrogens is 1. The molecular weight excluding hydrogens is 246 g/mol. The lowest BCUT2D eigenvalue weighted by atomic mass is 10.5. The number of nitrogens with zero attached hydrogens (tertiary/aromatic N) is 2. The summed E-state index contributed by atoms with van der Waals surface area (Å²) < 4.78 is 0. The van der Waals surface area contributed by atoms with Crippen molar-refractivity contribution in [1.29, 1.82) is 0 Å². The third-order valence-corrected chi connectivity index (χ3v) is 3.93. The highest BCUT2D eigenvalue weighted by Gasteiger charge is 2.13. The Hall–Kier alpha value is -0.0400. The van der Waals surface area contributed by atoms with Crippen molar-refractivity contribution < 1.29 is 0 Å². The molecule has 0 radical (unpaired) electrons. The van der Waals surface area contributed by atoms with Gasteiger partial charge in [-0.05, 0) is 6.92 Å². The van der Waals surface area contributed by atoms with Gasteiger partial charge in [0.2, 0.25) is 0 Å². The topological polar surface area (TPSA) is 37.3 Å². The van der Waals surface area contributed by atoms with Crippen LogP contribution in [0.4, 0.5) is 0 Å². The van der Waals surface area contributed by atoms with E-state index in [0.717, 1.165) is 34.6 Å². The third-order valence-electron chi connectivity index (χ3n) is 1.91. The maximum Gasteiger partial charge on any atom is 0.117 e. The summed E-state index contributed by atoms with van der Waals surface area (Å²) in [5.41, 5.74) is 1.03. The van der Waals surface area contributed by atoms with E-state index in [1.807, 2.05) is 6.92 Å². The van der Waals surface area contributed by atoms with Crippen LogP contribution in [0.1, 0.15) is 17.6 Å². The van der Waals surface area contributed by atoms with Crippen LogP contribution in [0.25, 0.3) is 0 Å². The predicted molar refractivity (Wildman–Crippen MR) is 71.3 cm³/mol. The van der Waals surface area contributed by atoms with Gasteiger partial charge in [0.05, 0.1) is 0 Å². The minimum Gasteiger partial charge on any atom is -0.299 e. The highest BCUT2D eigenvalue weighted by Crippen LogP contribution is 2.20. The predicted octanol–water partition coefficient (Wildman–Crippen LogP) is 2.00. The minimum atomic E-state index is 0.204. The molecule has 0 fully saturated rings. The van der Waals surface area contributed by atoms with Gasteiger partial charge in [0.15, 0.2) is 0 Å². The molecular formula is C9H13N3S3. The van der Waals surface area contributed by atoms with Crippen molar-refractivity contribution in [2.45, 2.75) is 18.8 Å². The lowest BCUT2D eigenvalue weighted by Crippen LogP contribution is -2.19. The molecule has 3 nitrogen and oxygen atoms in total. The van der Waals surface area contributed by atoms with Gasteiger partial charge in [0.1, 0.15) is 15.7 Å². The van der Waals surface area contributed by atoms with E-state index in [2.05, 4.69) is 33.3 Å². The summed E-state index contributed by atoms with van der Waals surface area (Å²) in [7, 11) is 0. The maximum absolute atomic E-state index is 4.53. The van der Waals surface area contributed by atoms with Crippen LogP contribution in [-0.4, -0.2) is 27.7 Å². The van der Waals surface area contributed by atoms with Crippen LogP contribution < -0.4 is 5.32 Å². The molecule has 1 aliphatic heterocycles. The van der Waals surface area contributed by atoms with Gasteiger partial charge >= 0.3 is 0 Å². The second-order valence-electron chi connectivity index (χ2n) is 3.22. The Kier molecular flexibility index (Phi) is 4.07. The van der Waals surface area contributed by atoms with Crippen molar-refractivity contribution in [3.05, 3.63) is 16.1 Å². The Bertz CT molecular complexity index is 359. The monoisotopic (exact) mass is 259 g/mol. The molecule has 0 aliphatic carbocycles. The molecule has 2 rings (SSSR count). The molecule has 0 saturated heterocycles. The number of thiazole rings is 1. The molecule has 0 bridgehead atoms. The summed E-state index contributed by atoms with van der Waals surface area (Å²) in [6.45, 7) is 3.72. The van der Waals surface area contributed by atoms with Gasteiger partial charge in [-0.2, -0.15) is 12.6 Å². The Morgan fingerprint density at radius 1 is 1.67 bits per heavy atom. The largest absolute Gasteiger partial charge is 0.299 e. The Balaban J connectivity index is 1.97. The van der Waals surface area contributed by atoms with E-state index in [1.165, 1.54) is 0 Å². The van der Waals surface area contributed by atoms with Gasteiger partial charge in [-0.3, -0.25) is 10.3 Å². The SMILES string of the molecule is CC(S)NCc1nc(C2=NCCS2)cs1. The maximum atomic E-state index is 4.53. The summed E-state index contributed by atoms with van der Waals surface area (Å²) in [5, 5.41) is 7.71. The molecule has 15 heavy (non-hydrogen) atoms. The minimum absolute atomic E-state index is 0.204. The lowest BCUT2D eigenvalue weighted by Gasteiger charge is -2.03. The van der Waals surface area contributed by atoms with Crippen molar-refractivity contribution >= 4 is 40.8 Å². The van der Waals surface area contributed by atoms with E-state index in [9.17, 15) is 0 Å². The number of rotatable bonds is 4. The fourth-order valence-corrected chi connectivity index (χ4v) is 2.92. The quantitative estimate of drug-likeness (QED) is 0.641. The first-order chi connectivity index (χ1) is 7.25. The highest BCUT2D eigenvalue weighted by molar-refractivity contribution is 8.14. The van der Waals surface area contributed by atoms with Crippen LogP contribution in [0.5, 0.6) is 0 Å². The van der Waals surface area contributed by atoms with E-state index in [4.69, 9.17) is 0 Å². The number of hydrogen-bond acceptors (Lipinski definition) is 6. The molecule has 1 unspecified atom stereocenters. The van der Waals surface area contributed by atoms with E-state index >= 15 is 0 Å². The molecule has 1 aromatic rings. The molecule has 2 heterocycles. The molecule has 0 amide bonds. The molecule has 1 atom stereocenters. The second-order valence-corrected chi connectivity index (χ2v) is 6.02. The van der Waals surface area contributed by atoms with E-state index < -0.39 is 0 Å². The smallest absolute Gasteiger partial charge is 0.117 e. The van der Waals surface area contributed by atoms with Crippen molar-refractivity contribution in [1.82, 2.24) is 10.3 Å². The van der Waals surface area contributed by atoms with E-state index in [0.29, 0.717) is 0 Å². The van der Waals surface area contributed by atoms with Gasteiger partial charge < -0.3 is 0 Å². The van der Waals surface area contributed by atoms with Crippen LogP contribution in [0, 0.1) is 0 Å². The van der Waals surface area contributed by atoms with Gasteiger partial charge in [-0.1, -0.05) is 0 Å². The zero-order valence-corrected chi connectivity index (χ0v) is 11.0. The van der Waals surface area contributed by atoms with Gasteiger partial charge in [-0.25, -0.2) is 4.98 Å². The van der Waals surface area contributed by atoms with E-state index in [-0.39, 0.29) is 5.37 Å². The Labute approximate surface area is 103 Å². The highest BCUT2D eigenvalue weighted by atomic mass is 32.2. The van der Waals surface area contributed by atoms with Gasteiger partial charge in [0.25, 0.3) is 0 Å². The number of thioether (sulfide) groups is 1. The van der Waals surface area contributed by atoms with Crippen molar-refractivity contribution in [2.75, 3.05) is 12.3 Å². The van der Waals surface area contributed by atoms with Crippen LogP contribution >= 0.6 is 35.7 Å². The summed E-state index contributed by atoms with van der Waals surface area (Å²) >= 11 is 7.73. The van der Waals surface area contributed by atoms with Gasteiger partial charge in [-0.15, -0.1) is 23.1 Å². The van der Waals surface area contributed by atoms with Gasteiger partial charge in [0, 0.05) is 29.6 Å². The van der Waals surface area contributed by atoms with E-state index in [1.54, 1.807) is 23.1 Å². The van der Waals surface area contributed by atoms with Crippen LogP contribution in [0.3, 0.4) is 0 Å². The summed E-state index contributed by atoms with van der Waals surface area (Å²) in [5.74, 6) is 1.09. The summed E-state index contributed by atoms with van der Waals surface area (Å²) in [6.07, 6.45) is 0. The van der Waals surface area contributed by atoms with Crippen molar-refractivity contribution in [2.24, 2.45) is 4.99 Å². The number of hydrogen-bond donors (Lipinski definition) is 2. The fourth-order valence-electron chi connectivity index (χ4n) is 1.22. The molecule has 1 aromatic heterocycles. The first kappa shape index (κ1) is 11.4. The number of nitrogens with one attached hydrogen (secondary N) is 1. The molecule has 0 spiro atoms. The van der Waals surface area contributed by atoms with Crippen LogP contribution in [0.2, 0.25) is 0 Å². The normalized spacial score (nSPS) is 17.9. The summed E-state index contributed by atoms with van der Waals surface area (Å²) in [4.78, 5) is 8.94. The Morgan fingerprint density at radius 2 is 2.53 bits per heavy atom. The number of aliphatic imine (C=N–C) groups is 1. The van der Waals surface area contributed by atoms with Crippen molar-refractivity contribution in [3.63, 3.8) is 0 Å². The number of thiol groups is 1. The molecule has 1 N–H and O–H groups in total. The van der Waals surface area contributed by atoms with Crippen LogP contribution in [-0.2, 0) is 6.54 Å². The fraction of sp³-hybridized carbons (Fsp3) is 0.556. The average molecular weight is 259 g/mol. The molecule has 1 aliphatic rings. The average Bonchev–Trinajstić information content (AvgIpc) is 2.85.